The van der Waals surface area contributed by atoms with E-state index in [2.05, 4.69) is 15.6 Å². The number of nitrogens with zero attached hydrogens (tertiary/aromatic N) is 1. The fraction of sp³-hybridized carbons (Fsp3) is 0.364. The van der Waals surface area contributed by atoms with Crippen LogP contribution in [0.3, 0.4) is 0 Å². The number of aliphatic imine (C=N–C) groups is 1. The molecule has 0 atom stereocenters. The molecular formula is C22H26F3IN4O. The van der Waals surface area contributed by atoms with Crippen LogP contribution in [0.5, 0.6) is 0 Å². The van der Waals surface area contributed by atoms with Crippen LogP contribution in [0.25, 0.3) is 0 Å². The highest BCUT2D eigenvalue weighted by atomic mass is 127. The fourth-order valence-corrected chi connectivity index (χ4v) is 3.64. The summed E-state index contributed by atoms with van der Waals surface area (Å²) in [7, 11) is 1.64. The van der Waals surface area contributed by atoms with Gasteiger partial charge in [0, 0.05) is 31.1 Å². The van der Waals surface area contributed by atoms with Crippen LogP contribution in [0.2, 0.25) is 0 Å². The van der Waals surface area contributed by atoms with Crippen LogP contribution in [0.4, 0.5) is 13.2 Å². The maximum atomic E-state index is 13.1. The van der Waals surface area contributed by atoms with E-state index in [9.17, 15) is 18.0 Å². The van der Waals surface area contributed by atoms with E-state index < -0.39 is 17.6 Å². The molecule has 0 bridgehead atoms. The second-order valence-corrected chi connectivity index (χ2v) is 7.55. The second-order valence-electron chi connectivity index (χ2n) is 7.55. The molecule has 31 heavy (non-hydrogen) atoms. The number of nitrogens with two attached hydrogens (primary N) is 1. The molecule has 1 saturated carbocycles. The highest BCUT2D eigenvalue weighted by Crippen LogP contribution is 2.44. The molecule has 0 aromatic heterocycles. The fourth-order valence-electron chi connectivity index (χ4n) is 3.64. The van der Waals surface area contributed by atoms with Crippen molar-refractivity contribution >= 4 is 35.8 Å². The third-order valence-electron chi connectivity index (χ3n) is 5.63. The summed E-state index contributed by atoms with van der Waals surface area (Å²) in [6.07, 6.45) is -1.72. The Balaban J connectivity index is 0.00000341. The molecule has 0 aliphatic heterocycles. The average molecular weight is 546 g/mol. The summed E-state index contributed by atoms with van der Waals surface area (Å²) < 4.78 is 39.3. The predicted molar refractivity (Wildman–Crippen MR) is 126 cm³/mol. The molecule has 1 amide bonds. The molecule has 0 spiro atoms. The van der Waals surface area contributed by atoms with Crippen LogP contribution in [0.15, 0.2) is 53.5 Å². The van der Waals surface area contributed by atoms with Crippen molar-refractivity contribution in [2.24, 2.45) is 10.7 Å². The highest BCUT2D eigenvalue weighted by Gasteiger charge is 2.40. The van der Waals surface area contributed by atoms with Crippen molar-refractivity contribution in [3.63, 3.8) is 0 Å². The quantitative estimate of drug-likeness (QED) is 0.289. The Labute approximate surface area is 196 Å². The topological polar surface area (TPSA) is 79.5 Å². The Kier molecular flexibility index (Phi) is 8.33. The normalized spacial score (nSPS) is 15.4. The summed E-state index contributed by atoms with van der Waals surface area (Å²) in [5.74, 6) is 0.0830. The molecule has 2 aromatic carbocycles. The average Bonchev–Trinajstić information content (AvgIpc) is 2.69. The van der Waals surface area contributed by atoms with Crippen LogP contribution < -0.4 is 16.4 Å². The van der Waals surface area contributed by atoms with Gasteiger partial charge in [0.2, 0.25) is 5.91 Å². The Morgan fingerprint density at radius 2 is 1.81 bits per heavy atom. The van der Waals surface area contributed by atoms with Crippen LogP contribution in [-0.4, -0.2) is 25.5 Å². The molecule has 9 heteroatoms. The molecular weight excluding hydrogens is 520 g/mol. The van der Waals surface area contributed by atoms with Crippen molar-refractivity contribution in [1.29, 1.82) is 0 Å². The third kappa shape index (κ3) is 6.11. The molecule has 5 nitrogen and oxygen atoms in total. The molecule has 0 radical (unpaired) electrons. The van der Waals surface area contributed by atoms with Gasteiger partial charge >= 0.3 is 6.18 Å². The van der Waals surface area contributed by atoms with Crippen LogP contribution in [-0.2, 0) is 18.1 Å². The highest BCUT2D eigenvalue weighted by molar-refractivity contribution is 14.0. The van der Waals surface area contributed by atoms with Gasteiger partial charge in [-0.05, 0) is 42.2 Å². The first-order chi connectivity index (χ1) is 14.2. The molecule has 4 N–H and O–H groups in total. The summed E-state index contributed by atoms with van der Waals surface area (Å²) in [6, 6.07) is 12.5. The minimum atomic E-state index is -4.35. The zero-order valence-corrected chi connectivity index (χ0v) is 19.5. The van der Waals surface area contributed by atoms with Crippen LogP contribution in [0, 0.1) is 0 Å². The zero-order chi connectivity index (χ0) is 21.8. The van der Waals surface area contributed by atoms with Gasteiger partial charge in [0.05, 0.1) is 5.56 Å². The number of nitrogens with one attached hydrogen (secondary N) is 2. The van der Waals surface area contributed by atoms with Gasteiger partial charge in [-0.25, -0.2) is 0 Å². The number of guanidine groups is 1. The number of benzene rings is 2. The number of hydrogen-bond acceptors (Lipinski definition) is 2. The van der Waals surface area contributed by atoms with Crippen molar-refractivity contribution in [2.45, 2.75) is 37.4 Å². The van der Waals surface area contributed by atoms with Gasteiger partial charge < -0.3 is 16.4 Å². The summed E-state index contributed by atoms with van der Waals surface area (Å²) >= 11 is 0. The Bertz CT molecular complexity index is 925. The lowest BCUT2D eigenvalue weighted by Gasteiger charge is -2.43. The molecule has 0 saturated heterocycles. The molecule has 1 aliphatic carbocycles. The van der Waals surface area contributed by atoms with E-state index in [0.29, 0.717) is 30.2 Å². The minimum Gasteiger partial charge on any atom is -0.366 e. The van der Waals surface area contributed by atoms with E-state index in [1.807, 2.05) is 0 Å². The first kappa shape index (κ1) is 25.0. The first-order valence-electron chi connectivity index (χ1n) is 9.74. The zero-order valence-electron chi connectivity index (χ0n) is 17.1. The van der Waals surface area contributed by atoms with E-state index in [-0.39, 0.29) is 29.4 Å². The van der Waals surface area contributed by atoms with Gasteiger partial charge in [0.15, 0.2) is 5.96 Å². The lowest BCUT2D eigenvalue weighted by atomic mass is 9.64. The molecule has 1 aliphatic rings. The number of carbonyl (C=O) groups excluding carboxylic acids is 1. The minimum absolute atomic E-state index is 0. The molecule has 3 rings (SSSR count). The number of halogens is 4. The number of primary amides is 1. The van der Waals surface area contributed by atoms with Crippen molar-refractivity contribution in [2.75, 3.05) is 13.6 Å². The van der Waals surface area contributed by atoms with Crippen molar-refractivity contribution < 1.29 is 18.0 Å². The number of hydrogen-bond donors (Lipinski definition) is 3. The van der Waals surface area contributed by atoms with E-state index in [1.54, 1.807) is 37.4 Å². The summed E-state index contributed by atoms with van der Waals surface area (Å²) in [6.45, 7) is 0.976. The molecule has 2 aromatic rings. The molecule has 168 valence electrons. The number of carbonyl (C=O) groups is 1. The standard InChI is InChI=1S/C22H25F3N4O.HI/c1-27-20(28-13-15-6-8-16(9-7-15)19(26)30)29-14-21(10-3-11-21)17-4-2-5-18(12-17)22(23,24)25;/h2,4-9,12H,3,10-11,13-14H2,1H3,(H2,26,30)(H2,27,28,29);1H. The summed E-state index contributed by atoms with van der Waals surface area (Å²) in [4.78, 5) is 15.3. The molecule has 0 unspecified atom stereocenters. The van der Waals surface area contributed by atoms with E-state index in [1.165, 1.54) is 12.1 Å². The van der Waals surface area contributed by atoms with E-state index in [4.69, 9.17) is 5.73 Å². The maximum absolute atomic E-state index is 13.1. The number of alkyl halides is 3. The van der Waals surface area contributed by atoms with Crippen molar-refractivity contribution in [1.82, 2.24) is 10.6 Å². The summed E-state index contributed by atoms with van der Waals surface area (Å²) in [5.41, 5.74) is 6.38. The van der Waals surface area contributed by atoms with Crippen LogP contribution in [0.1, 0.15) is 46.3 Å². The molecule has 0 heterocycles. The lowest BCUT2D eigenvalue weighted by molar-refractivity contribution is -0.137. The van der Waals surface area contributed by atoms with Gasteiger partial charge in [-0.15, -0.1) is 24.0 Å². The van der Waals surface area contributed by atoms with Gasteiger partial charge in [0.1, 0.15) is 0 Å². The number of rotatable bonds is 6. The van der Waals surface area contributed by atoms with Gasteiger partial charge in [-0.3, -0.25) is 9.79 Å². The Morgan fingerprint density at radius 1 is 1.13 bits per heavy atom. The predicted octanol–water partition coefficient (Wildman–Crippen LogP) is 4.21. The summed E-state index contributed by atoms with van der Waals surface area (Å²) in [5, 5.41) is 6.44. The third-order valence-corrected chi connectivity index (χ3v) is 5.63. The van der Waals surface area contributed by atoms with Crippen molar-refractivity contribution in [3.05, 3.63) is 70.8 Å². The van der Waals surface area contributed by atoms with Gasteiger partial charge in [0.25, 0.3) is 0 Å². The Morgan fingerprint density at radius 3 is 2.32 bits per heavy atom. The van der Waals surface area contributed by atoms with E-state index >= 15 is 0 Å². The monoisotopic (exact) mass is 546 g/mol. The van der Waals surface area contributed by atoms with E-state index in [0.717, 1.165) is 30.9 Å². The van der Waals surface area contributed by atoms with Crippen molar-refractivity contribution in [3.8, 4) is 0 Å². The molecule has 1 fully saturated rings. The SMILES string of the molecule is CN=C(NCc1ccc(C(N)=O)cc1)NCC1(c2cccc(C(F)(F)F)c2)CCC1.I. The second kappa shape index (κ2) is 10.3. The van der Waals surface area contributed by atoms with Gasteiger partial charge in [-0.1, -0.05) is 36.8 Å². The largest absolute Gasteiger partial charge is 0.416 e. The van der Waals surface area contributed by atoms with Crippen LogP contribution >= 0.6 is 24.0 Å². The lowest BCUT2D eigenvalue weighted by Crippen LogP contribution is -2.48. The van der Waals surface area contributed by atoms with Gasteiger partial charge in [-0.2, -0.15) is 13.2 Å². The number of amides is 1. The smallest absolute Gasteiger partial charge is 0.366 e. The Hall–Kier alpha value is -2.30. The first-order valence-corrected chi connectivity index (χ1v) is 9.74. The maximum Gasteiger partial charge on any atom is 0.416 e.